The van der Waals surface area contributed by atoms with Gasteiger partial charge in [-0.2, -0.15) is 0 Å². The van der Waals surface area contributed by atoms with Gasteiger partial charge in [-0.15, -0.1) is 0 Å². The summed E-state index contributed by atoms with van der Waals surface area (Å²) in [5.74, 6) is 0.0726. The summed E-state index contributed by atoms with van der Waals surface area (Å²) in [6.07, 6.45) is 3.52. The first-order valence-corrected chi connectivity index (χ1v) is 6.24. The molecule has 2 aromatic rings. The predicted molar refractivity (Wildman–Crippen MR) is 68.6 cm³/mol. The Morgan fingerprint density at radius 3 is 2.44 bits per heavy atom. The maximum atomic E-state index is 11.9. The first kappa shape index (κ1) is 11.6. The molecule has 0 aliphatic heterocycles. The molecule has 0 aliphatic carbocycles. The SMILES string of the molecule is O=C(Cc1ccoc1)c1cc(Br)cc(Br)c1. The molecule has 2 nitrogen and oxygen atoms in total. The Morgan fingerprint density at radius 2 is 1.88 bits per heavy atom. The fraction of sp³-hybridized carbons (Fsp3) is 0.0833. The highest BCUT2D eigenvalue weighted by atomic mass is 79.9. The Labute approximate surface area is 110 Å². The summed E-state index contributed by atoms with van der Waals surface area (Å²) >= 11 is 6.72. The van der Waals surface area contributed by atoms with Crippen LogP contribution in [0.25, 0.3) is 0 Å². The summed E-state index contributed by atoms with van der Waals surface area (Å²) in [5, 5.41) is 0. The standard InChI is InChI=1S/C12H8Br2O2/c13-10-4-9(5-11(14)6-10)12(15)3-8-1-2-16-7-8/h1-2,4-7H,3H2. The van der Waals surface area contributed by atoms with E-state index in [0.29, 0.717) is 12.0 Å². The molecule has 4 heteroatoms. The van der Waals surface area contributed by atoms with Crippen molar-refractivity contribution in [3.63, 3.8) is 0 Å². The van der Waals surface area contributed by atoms with Gasteiger partial charge in [-0.1, -0.05) is 31.9 Å². The number of hydrogen-bond donors (Lipinski definition) is 0. The zero-order chi connectivity index (χ0) is 11.5. The molecule has 2 rings (SSSR count). The van der Waals surface area contributed by atoms with Crippen LogP contribution in [0.2, 0.25) is 0 Å². The van der Waals surface area contributed by atoms with E-state index in [2.05, 4.69) is 31.9 Å². The number of halogens is 2. The molecule has 0 amide bonds. The van der Waals surface area contributed by atoms with Crippen LogP contribution in [0.1, 0.15) is 15.9 Å². The van der Waals surface area contributed by atoms with Gasteiger partial charge in [0.15, 0.2) is 5.78 Å². The van der Waals surface area contributed by atoms with Gasteiger partial charge in [0.2, 0.25) is 0 Å². The van der Waals surface area contributed by atoms with Gasteiger partial charge in [0.05, 0.1) is 12.5 Å². The van der Waals surface area contributed by atoms with Crippen molar-refractivity contribution in [2.75, 3.05) is 0 Å². The largest absolute Gasteiger partial charge is 0.472 e. The molecule has 0 saturated carbocycles. The number of ketones is 1. The van der Waals surface area contributed by atoms with E-state index in [1.165, 1.54) is 0 Å². The lowest BCUT2D eigenvalue weighted by atomic mass is 10.1. The topological polar surface area (TPSA) is 30.2 Å². The van der Waals surface area contributed by atoms with E-state index >= 15 is 0 Å². The third-order valence-corrected chi connectivity index (χ3v) is 3.04. The van der Waals surface area contributed by atoms with Crippen LogP contribution in [-0.4, -0.2) is 5.78 Å². The molecule has 0 fully saturated rings. The number of benzene rings is 1. The Hall–Kier alpha value is -0.870. The van der Waals surface area contributed by atoms with E-state index < -0.39 is 0 Å². The minimum absolute atomic E-state index is 0.0726. The smallest absolute Gasteiger partial charge is 0.167 e. The van der Waals surface area contributed by atoms with E-state index in [-0.39, 0.29) is 5.78 Å². The monoisotopic (exact) mass is 342 g/mol. The lowest BCUT2D eigenvalue weighted by Crippen LogP contribution is -2.02. The molecule has 0 saturated heterocycles. The molecule has 1 aromatic heterocycles. The summed E-state index contributed by atoms with van der Waals surface area (Å²) in [6.45, 7) is 0. The van der Waals surface area contributed by atoms with Gasteiger partial charge in [-0.25, -0.2) is 0 Å². The minimum Gasteiger partial charge on any atom is -0.472 e. The highest BCUT2D eigenvalue weighted by molar-refractivity contribution is 9.11. The van der Waals surface area contributed by atoms with E-state index in [9.17, 15) is 4.79 Å². The molecule has 0 radical (unpaired) electrons. The highest BCUT2D eigenvalue weighted by Crippen LogP contribution is 2.21. The third-order valence-electron chi connectivity index (χ3n) is 2.13. The van der Waals surface area contributed by atoms with Gasteiger partial charge in [-0.05, 0) is 29.8 Å². The van der Waals surface area contributed by atoms with Crippen molar-refractivity contribution in [1.29, 1.82) is 0 Å². The van der Waals surface area contributed by atoms with Crippen LogP contribution in [0.3, 0.4) is 0 Å². The van der Waals surface area contributed by atoms with Gasteiger partial charge in [0, 0.05) is 20.9 Å². The normalized spacial score (nSPS) is 10.4. The van der Waals surface area contributed by atoms with E-state index in [0.717, 1.165) is 14.5 Å². The Bertz CT molecular complexity index is 483. The van der Waals surface area contributed by atoms with E-state index in [1.54, 1.807) is 18.6 Å². The van der Waals surface area contributed by atoms with Crippen LogP contribution >= 0.6 is 31.9 Å². The molecule has 0 N–H and O–H groups in total. The maximum Gasteiger partial charge on any atom is 0.167 e. The molecular weight excluding hydrogens is 336 g/mol. The lowest BCUT2D eigenvalue weighted by Gasteiger charge is -2.01. The number of furan rings is 1. The van der Waals surface area contributed by atoms with Crippen LogP contribution in [-0.2, 0) is 6.42 Å². The fourth-order valence-electron chi connectivity index (χ4n) is 1.40. The van der Waals surface area contributed by atoms with Crippen LogP contribution in [0.5, 0.6) is 0 Å². The first-order chi connectivity index (χ1) is 7.65. The second kappa shape index (κ2) is 4.97. The number of hydrogen-bond acceptors (Lipinski definition) is 2. The molecule has 0 atom stereocenters. The van der Waals surface area contributed by atoms with Crippen LogP contribution in [0.4, 0.5) is 0 Å². The average molecular weight is 344 g/mol. The second-order valence-corrected chi connectivity index (χ2v) is 5.22. The van der Waals surface area contributed by atoms with E-state index in [1.807, 2.05) is 18.2 Å². The first-order valence-electron chi connectivity index (χ1n) is 4.65. The summed E-state index contributed by atoms with van der Waals surface area (Å²) in [5.41, 5.74) is 1.57. The zero-order valence-corrected chi connectivity index (χ0v) is 11.4. The molecule has 0 spiro atoms. The Balaban J connectivity index is 2.21. The molecule has 0 unspecified atom stereocenters. The summed E-state index contributed by atoms with van der Waals surface area (Å²) < 4.78 is 6.70. The van der Waals surface area contributed by atoms with Gasteiger partial charge >= 0.3 is 0 Å². The number of carbonyl (C=O) groups is 1. The van der Waals surface area contributed by atoms with Crippen molar-refractivity contribution in [2.24, 2.45) is 0 Å². The highest BCUT2D eigenvalue weighted by Gasteiger charge is 2.09. The zero-order valence-electron chi connectivity index (χ0n) is 8.24. The maximum absolute atomic E-state index is 11.9. The third kappa shape index (κ3) is 2.83. The molecule has 0 bridgehead atoms. The van der Waals surface area contributed by atoms with Gasteiger partial charge in [-0.3, -0.25) is 4.79 Å². The van der Waals surface area contributed by atoms with Gasteiger partial charge in [0.1, 0.15) is 0 Å². The van der Waals surface area contributed by atoms with Crippen molar-refractivity contribution in [3.8, 4) is 0 Å². The van der Waals surface area contributed by atoms with Crippen molar-refractivity contribution >= 4 is 37.6 Å². The predicted octanol–water partition coefficient (Wildman–Crippen LogP) is 4.23. The van der Waals surface area contributed by atoms with Crippen LogP contribution in [0, 0.1) is 0 Å². The molecular formula is C12H8Br2O2. The molecule has 16 heavy (non-hydrogen) atoms. The van der Waals surface area contributed by atoms with Crippen molar-refractivity contribution in [1.82, 2.24) is 0 Å². The Morgan fingerprint density at radius 1 is 1.19 bits per heavy atom. The van der Waals surface area contributed by atoms with Crippen molar-refractivity contribution in [2.45, 2.75) is 6.42 Å². The summed E-state index contributed by atoms with van der Waals surface area (Å²) in [7, 11) is 0. The van der Waals surface area contributed by atoms with Crippen molar-refractivity contribution < 1.29 is 9.21 Å². The number of rotatable bonds is 3. The molecule has 82 valence electrons. The minimum atomic E-state index is 0.0726. The van der Waals surface area contributed by atoms with Crippen molar-refractivity contribution in [3.05, 3.63) is 56.9 Å². The molecule has 1 aromatic carbocycles. The number of Topliss-reactive ketones (excluding diaryl/α,β-unsaturated/α-hetero) is 1. The Kier molecular flexibility index (Phi) is 3.61. The fourth-order valence-corrected chi connectivity index (χ4v) is 2.69. The number of carbonyl (C=O) groups excluding carboxylic acids is 1. The van der Waals surface area contributed by atoms with Crippen LogP contribution < -0.4 is 0 Å². The average Bonchev–Trinajstić information content (AvgIpc) is 2.68. The summed E-state index contributed by atoms with van der Waals surface area (Å²) in [4.78, 5) is 11.9. The van der Waals surface area contributed by atoms with E-state index in [4.69, 9.17) is 4.42 Å². The summed E-state index contributed by atoms with van der Waals surface area (Å²) in [6, 6.07) is 7.32. The molecule has 1 heterocycles. The van der Waals surface area contributed by atoms with Gasteiger partial charge < -0.3 is 4.42 Å². The van der Waals surface area contributed by atoms with Crippen LogP contribution in [0.15, 0.2) is 50.2 Å². The molecule has 0 aliphatic rings. The quantitative estimate of drug-likeness (QED) is 0.780. The second-order valence-electron chi connectivity index (χ2n) is 3.39. The lowest BCUT2D eigenvalue weighted by molar-refractivity contribution is 0.0992. The van der Waals surface area contributed by atoms with Gasteiger partial charge in [0.25, 0.3) is 0 Å².